The van der Waals surface area contributed by atoms with E-state index < -0.39 is 47.9 Å². The Morgan fingerprint density at radius 1 is 1.09 bits per heavy atom. The number of carbonyl (C=O) groups excluding carboxylic acids is 3. The Bertz CT molecular complexity index is 860. The van der Waals surface area contributed by atoms with Crippen LogP contribution in [0.4, 0.5) is 0 Å². The van der Waals surface area contributed by atoms with Gasteiger partial charge in [-0.25, -0.2) is 4.79 Å². The van der Waals surface area contributed by atoms with Gasteiger partial charge in [0.15, 0.2) is 0 Å². The highest BCUT2D eigenvalue weighted by atomic mass is 16.4. The number of rotatable bonds is 11. The Morgan fingerprint density at radius 3 is 2.29 bits per heavy atom. The van der Waals surface area contributed by atoms with Gasteiger partial charge in [0.05, 0.1) is 6.04 Å². The van der Waals surface area contributed by atoms with Crippen molar-refractivity contribution in [1.29, 1.82) is 0 Å². The van der Waals surface area contributed by atoms with Crippen LogP contribution in [0, 0.1) is 11.8 Å². The molecule has 1 heterocycles. The number of nitrogens with zero attached hydrogens (tertiary/aromatic N) is 1. The summed E-state index contributed by atoms with van der Waals surface area (Å²) >= 11 is 0. The molecule has 0 saturated carbocycles. The number of carboxylic acids is 1. The third-order valence-corrected chi connectivity index (χ3v) is 6.53. The molecule has 0 aromatic heterocycles. The average Bonchev–Trinajstić information content (AvgIpc) is 3.31. The number of nitrogens with one attached hydrogen (secondary N) is 2. The fraction of sp³-hybridized carbons (Fsp3) is 0.600. The Labute approximate surface area is 201 Å². The van der Waals surface area contributed by atoms with Gasteiger partial charge in [0.25, 0.3) is 0 Å². The second-order valence-corrected chi connectivity index (χ2v) is 9.42. The number of likely N-dealkylation sites (tertiary alicyclic amines) is 1. The van der Waals surface area contributed by atoms with Gasteiger partial charge in [-0.3, -0.25) is 14.4 Å². The minimum atomic E-state index is -1.04. The smallest absolute Gasteiger partial charge is 0.326 e. The number of hydrogen-bond acceptors (Lipinski definition) is 5. The van der Waals surface area contributed by atoms with Crippen LogP contribution in [0.2, 0.25) is 0 Å². The summed E-state index contributed by atoms with van der Waals surface area (Å²) in [4.78, 5) is 52.4. The fourth-order valence-electron chi connectivity index (χ4n) is 4.03. The van der Waals surface area contributed by atoms with Crippen molar-refractivity contribution in [2.24, 2.45) is 17.6 Å². The number of carboxylic acid groups (broad SMARTS) is 1. The number of hydrogen-bond donors (Lipinski definition) is 4. The SMILES string of the molecule is CCC(C)C(NC(=O)C(Cc1ccccc1)NC(=O)C(N)C(C)C)C(=O)N1CCCC1C(=O)O. The molecule has 0 aliphatic carbocycles. The van der Waals surface area contributed by atoms with Crippen LogP contribution in [0.25, 0.3) is 0 Å². The molecule has 3 amide bonds. The van der Waals surface area contributed by atoms with E-state index in [0.29, 0.717) is 25.8 Å². The first-order valence-electron chi connectivity index (χ1n) is 12.0. The minimum absolute atomic E-state index is 0.113. The van der Waals surface area contributed by atoms with Gasteiger partial charge in [-0.2, -0.15) is 0 Å². The fourth-order valence-corrected chi connectivity index (χ4v) is 4.03. The maximum atomic E-state index is 13.4. The van der Waals surface area contributed by atoms with Gasteiger partial charge < -0.3 is 26.4 Å². The number of nitrogens with two attached hydrogens (primary N) is 1. The summed E-state index contributed by atoms with van der Waals surface area (Å²) in [5, 5.41) is 15.1. The maximum absolute atomic E-state index is 13.4. The molecule has 188 valence electrons. The van der Waals surface area contributed by atoms with Crippen LogP contribution in [-0.4, -0.2) is 64.4 Å². The standard InChI is InChI=1S/C25H38N4O5/c1-5-16(4)21(24(32)29-13-9-12-19(29)25(33)34)28-22(30)18(14-17-10-7-6-8-11-17)27-23(31)20(26)15(2)3/h6-8,10-11,15-16,18-21H,5,9,12-14,26H2,1-4H3,(H,27,31)(H,28,30)(H,33,34). The van der Waals surface area contributed by atoms with E-state index in [4.69, 9.17) is 5.73 Å². The van der Waals surface area contributed by atoms with Crippen molar-refractivity contribution >= 4 is 23.7 Å². The highest BCUT2D eigenvalue weighted by Gasteiger charge is 2.40. The first-order chi connectivity index (χ1) is 16.1. The summed E-state index contributed by atoms with van der Waals surface area (Å²) in [6.07, 6.45) is 1.83. The van der Waals surface area contributed by atoms with Crippen LogP contribution < -0.4 is 16.4 Å². The summed E-state index contributed by atoms with van der Waals surface area (Å²) in [6.45, 7) is 7.73. The van der Waals surface area contributed by atoms with Crippen LogP contribution in [0.1, 0.15) is 52.5 Å². The first-order valence-corrected chi connectivity index (χ1v) is 12.0. The Balaban J connectivity index is 2.26. The number of benzene rings is 1. The zero-order valence-corrected chi connectivity index (χ0v) is 20.5. The second kappa shape index (κ2) is 12.5. The van der Waals surface area contributed by atoms with Crippen LogP contribution in [0.15, 0.2) is 30.3 Å². The number of aliphatic carboxylic acids is 1. The van der Waals surface area contributed by atoms with Crippen LogP contribution >= 0.6 is 0 Å². The van der Waals surface area contributed by atoms with E-state index in [9.17, 15) is 24.3 Å². The summed E-state index contributed by atoms with van der Waals surface area (Å²) < 4.78 is 0. The lowest BCUT2D eigenvalue weighted by Gasteiger charge is -2.31. The van der Waals surface area contributed by atoms with E-state index in [-0.39, 0.29) is 18.3 Å². The van der Waals surface area contributed by atoms with Crippen LogP contribution in [0.3, 0.4) is 0 Å². The summed E-state index contributed by atoms with van der Waals surface area (Å²) in [5.41, 5.74) is 6.83. The molecule has 5 atom stereocenters. The van der Waals surface area contributed by atoms with Gasteiger partial charge in [0, 0.05) is 13.0 Å². The molecule has 1 fully saturated rings. The van der Waals surface area contributed by atoms with Crippen molar-refractivity contribution in [3.8, 4) is 0 Å². The number of amides is 3. The molecule has 1 aliphatic heterocycles. The molecule has 1 aromatic carbocycles. The Morgan fingerprint density at radius 2 is 1.74 bits per heavy atom. The zero-order chi connectivity index (χ0) is 25.4. The molecule has 9 nitrogen and oxygen atoms in total. The molecule has 1 aliphatic rings. The number of carbonyl (C=O) groups is 4. The highest BCUT2D eigenvalue weighted by Crippen LogP contribution is 2.21. The van der Waals surface area contributed by atoms with Gasteiger partial charge in [0.2, 0.25) is 17.7 Å². The van der Waals surface area contributed by atoms with Crippen LogP contribution in [-0.2, 0) is 25.6 Å². The topological polar surface area (TPSA) is 142 Å². The molecule has 0 bridgehead atoms. The van der Waals surface area contributed by atoms with Gasteiger partial charge >= 0.3 is 5.97 Å². The van der Waals surface area contributed by atoms with Crippen molar-refractivity contribution in [1.82, 2.24) is 15.5 Å². The predicted molar refractivity (Wildman–Crippen MR) is 129 cm³/mol. The molecule has 34 heavy (non-hydrogen) atoms. The Kier molecular flexibility index (Phi) is 10.0. The molecule has 1 saturated heterocycles. The normalized spacial score (nSPS) is 19.2. The molecule has 1 aromatic rings. The first kappa shape index (κ1) is 27.3. The highest BCUT2D eigenvalue weighted by molar-refractivity contribution is 5.94. The lowest BCUT2D eigenvalue weighted by molar-refractivity contribution is -0.150. The van der Waals surface area contributed by atoms with Gasteiger partial charge in [-0.15, -0.1) is 0 Å². The predicted octanol–water partition coefficient (Wildman–Crippen LogP) is 1.30. The average molecular weight is 475 g/mol. The van der Waals surface area contributed by atoms with Gasteiger partial charge in [-0.1, -0.05) is 64.4 Å². The maximum Gasteiger partial charge on any atom is 0.326 e. The molecule has 5 unspecified atom stereocenters. The zero-order valence-electron chi connectivity index (χ0n) is 20.5. The van der Waals surface area contributed by atoms with Gasteiger partial charge in [-0.05, 0) is 30.2 Å². The molecule has 0 radical (unpaired) electrons. The van der Waals surface area contributed by atoms with Crippen molar-refractivity contribution in [3.05, 3.63) is 35.9 Å². The summed E-state index contributed by atoms with van der Waals surface area (Å²) in [6, 6.07) is 5.76. The molecule has 0 spiro atoms. The molecular formula is C25H38N4O5. The van der Waals surface area contributed by atoms with E-state index >= 15 is 0 Å². The quantitative estimate of drug-likeness (QED) is 0.381. The van der Waals surface area contributed by atoms with E-state index in [1.165, 1.54) is 4.90 Å². The minimum Gasteiger partial charge on any atom is -0.480 e. The second-order valence-electron chi connectivity index (χ2n) is 9.42. The van der Waals surface area contributed by atoms with Crippen molar-refractivity contribution in [2.75, 3.05) is 6.54 Å². The lowest BCUT2D eigenvalue weighted by Crippen LogP contribution is -2.59. The van der Waals surface area contributed by atoms with Gasteiger partial charge in [0.1, 0.15) is 18.1 Å². The van der Waals surface area contributed by atoms with Crippen molar-refractivity contribution in [3.63, 3.8) is 0 Å². The van der Waals surface area contributed by atoms with E-state index in [1.54, 1.807) is 0 Å². The molecule has 5 N–H and O–H groups in total. The lowest BCUT2D eigenvalue weighted by atomic mass is 9.96. The molecule has 2 rings (SSSR count). The van der Waals surface area contributed by atoms with E-state index in [0.717, 1.165) is 5.56 Å². The third-order valence-electron chi connectivity index (χ3n) is 6.53. The molecular weight excluding hydrogens is 436 g/mol. The van der Waals surface area contributed by atoms with E-state index in [1.807, 2.05) is 58.0 Å². The third kappa shape index (κ3) is 7.03. The largest absolute Gasteiger partial charge is 0.480 e. The Hall–Kier alpha value is -2.94. The summed E-state index contributed by atoms with van der Waals surface area (Å²) in [7, 11) is 0. The van der Waals surface area contributed by atoms with Crippen LogP contribution in [0.5, 0.6) is 0 Å². The van der Waals surface area contributed by atoms with Crippen molar-refractivity contribution in [2.45, 2.75) is 77.5 Å². The van der Waals surface area contributed by atoms with Crippen molar-refractivity contribution < 1.29 is 24.3 Å². The molecule has 9 heteroatoms. The van der Waals surface area contributed by atoms with E-state index in [2.05, 4.69) is 10.6 Å². The monoisotopic (exact) mass is 474 g/mol. The summed E-state index contributed by atoms with van der Waals surface area (Å²) in [5.74, 6) is -2.73.